The van der Waals surface area contributed by atoms with Gasteiger partial charge in [-0.25, -0.2) is 9.97 Å². The Morgan fingerprint density at radius 3 is 2.88 bits per heavy atom. The molecule has 0 radical (unpaired) electrons. The number of rotatable bonds is 4. The lowest BCUT2D eigenvalue weighted by molar-refractivity contribution is -0.122. The number of thiazole rings is 1. The summed E-state index contributed by atoms with van der Waals surface area (Å²) in [6.07, 6.45) is 5.48. The Morgan fingerprint density at radius 2 is 2.08 bits per heavy atom. The van der Waals surface area contributed by atoms with E-state index in [1.165, 1.54) is 0 Å². The number of nitrogens with one attached hydrogen (secondary N) is 1. The summed E-state index contributed by atoms with van der Waals surface area (Å²) in [5, 5.41) is 6.23. The molecule has 1 amide bonds. The molecule has 1 N–H and O–H groups in total. The van der Waals surface area contributed by atoms with Crippen LogP contribution in [0, 0.1) is 0 Å². The molecular weight excluding hydrogens is 322 g/mol. The lowest BCUT2D eigenvalue weighted by Gasteiger charge is -2.32. The van der Waals surface area contributed by atoms with Crippen LogP contribution in [0.3, 0.4) is 0 Å². The molecule has 3 aromatic rings. The quantitative estimate of drug-likeness (QED) is 0.791. The number of carbonyl (C=O) groups excluding carboxylic acids is 1. The Labute approximate surface area is 144 Å². The highest BCUT2D eigenvalue weighted by Crippen LogP contribution is 2.22. The van der Waals surface area contributed by atoms with Gasteiger partial charge in [0.2, 0.25) is 5.91 Å². The van der Waals surface area contributed by atoms with Crippen LogP contribution in [-0.4, -0.2) is 39.6 Å². The minimum atomic E-state index is 0.0471. The summed E-state index contributed by atoms with van der Waals surface area (Å²) in [7, 11) is 0. The molecule has 7 heteroatoms. The summed E-state index contributed by atoms with van der Waals surface area (Å²) in [5.74, 6) is 0.0471. The zero-order valence-electron chi connectivity index (χ0n) is 13.3. The van der Waals surface area contributed by atoms with Gasteiger partial charge in [-0.1, -0.05) is 12.1 Å². The second-order valence-electron chi connectivity index (χ2n) is 6.00. The zero-order valence-corrected chi connectivity index (χ0v) is 14.1. The smallest absolute Gasteiger partial charge is 0.240 e. The molecule has 3 heterocycles. The molecule has 1 aliphatic heterocycles. The van der Waals surface area contributed by atoms with Crippen LogP contribution in [0.4, 0.5) is 5.13 Å². The van der Waals surface area contributed by atoms with E-state index in [2.05, 4.69) is 20.2 Å². The molecule has 1 saturated heterocycles. The number of hydrogen-bond donors (Lipinski definition) is 1. The maximum absolute atomic E-state index is 12.3. The third-order valence-electron chi connectivity index (χ3n) is 4.39. The van der Waals surface area contributed by atoms with E-state index in [1.54, 1.807) is 17.7 Å². The van der Waals surface area contributed by atoms with Gasteiger partial charge in [0.1, 0.15) is 6.54 Å². The van der Waals surface area contributed by atoms with Gasteiger partial charge < -0.3 is 14.8 Å². The monoisotopic (exact) mass is 341 g/mol. The maximum atomic E-state index is 12.3. The van der Waals surface area contributed by atoms with Gasteiger partial charge in [0.05, 0.1) is 17.4 Å². The number of fused-ring (bicyclic) bond motifs is 1. The molecule has 0 aliphatic carbocycles. The van der Waals surface area contributed by atoms with Crippen LogP contribution in [-0.2, 0) is 11.3 Å². The van der Waals surface area contributed by atoms with Crippen molar-refractivity contribution in [3.8, 4) is 0 Å². The van der Waals surface area contributed by atoms with Crippen LogP contribution in [0.25, 0.3) is 11.0 Å². The molecule has 0 saturated carbocycles. The maximum Gasteiger partial charge on any atom is 0.240 e. The van der Waals surface area contributed by atoms with E-state index < -0.39 is 0 Å². The Balaban J connectivity index is 1.32. The Hall–Kier alpha value is -2.41. The van der Waals surface area contributed by atoms with Crippen LogP contribution >= 0.6 is 11.3 Å². The largest absolute Gasteiger partial charge is 0.352 e. The highest BCUT2D eigenvalue weighted by molar-refractivity contribution is 7.13. The minimum absolute atomic E-state index is 0.0471. The molecule has 24 heavy (non-hydrogen) atoms. The summed E-state index contributed by atoms with van der Waals surface area (Å²) in [6, 6.07) is 8.10. The first-order chi connectivity index (χ1) is 11.8. The highest BCUT2D eigenvalue weighted by atomic mass is 32.1. The van der Waals surface area contributed by atoms with Crippen LogP contribution in [0.15, 0.2) is 42.2 Å². The minimum Gasteiger partial charge on any atom is -0.352 e. The predicted octanol–water partition coefficient (Wildman–Crippen LogP) is 2.28. The van der Waals surface area contributed by atoms with Crippen molar-refractivity contribution in [1.29, 1.82) is 0 Å². The van der Waals surface area contributed by atoms with Crippen LogP contribution in [0.1, 0.15) is 12.8 Å². The summed E-state index contributed by atoms with van der Waals surface area (Å²) in [6.45, 7) is 2.19. The van der Waals surface area contributed by atoms with Crippen molar-refractivity contribution in [3.63, 3.8) is 0 Å². The van der Waals surface area contributed by atoms with Crippen molar-refractivity contribution >= 4 is 33.4 Å². The number of anilines is 1. The molecule has 0 bridgehead atoms. The average molecular weight is 341 g/mol. The van der Waals surface area contributed by atoms with Crippen molar-refractivity contribution in [2.75, 3.05) is 18.0 Å². The van der Waals surface area contributed by atoms with Gasteiger partial charge in [0, 0.05) is 30.7 Å². The Kier molecular flexibility index (Phi) is 4.17. The standard InChI is InChI=1S/C17H19N5OS/c23-16(11-22-12-19-14-3-1-2-4-15(14)22)20-13-5-8-21(9-6-13)17-18-7-10-24-17/h1-4,7,10,12-13H,5-6,8-9,11H2,(H,20,23). The van der Waals surface area contributed by atoms with Crippen molar-refractivity contribution in [3.05, 3.63) is 42.2 Å². The number of hydrogen-bond acceptors (Lipinski definition) is 5. The summed E-state index contributed by atoms with van der Waals surface area (Å²) in [5.41, 5.74) is 1.91. The summed E-state index contributed by atoms with van der Waals surface area (Å²) >= 11 is 1.67. The second kappa shape index (κ2) is 6.60. The van der Waals surface area contributed by atoms with Gasteiger partial charge in [-0.15, -0.1) is 11.3 Å². The van der Waals surface area contributed by atoms with E-state index in [0.717, 1.165) is 42.1 Å². The highest BCUT2D eigenvalue weighted by Gasteiger charge is 2.22. The fourth-order valence-electron chi connectivity index (χ4n) is 3.15. The number of carbonyl (C=O) groups is 1. The van der Waals surface area contributed by atoms with Crippen molar-refractivity contribution in [1.82, 2.24) is 19.9 Å². The average Bonchev–Trinajstić information content (AvgIpc) is 3.26. The van der Waals surface area contributed by atoms with E-state index in [0.29, 0.717) is 6.54 Å². The molecule has 0 atom stereocenters. The topological polar surface area (TPSA) is 63.1 Å². The Bertz CT molecular complexity index is 821. The molecule has 6 nitrogen and oxygen atoms in total. The first-order valence-electron chi connectivity index (χ1n) is 8.13. The number of benzene rings is 1. The molecule has 1 fully saturated rings. The van der Waals surface area contributed by atoms with Gasteiger partial charge in [-0.3, -0.25) is 4.79 Å². The third kappa shape index (κ3) is 3.12. The lowest BCUT2D eigenvalue weighted by Crippen LogP contribution is -2.45. The lowest BCUT2D eigenvalue weighted by atomic mass is 10.1. The van der Waals surface area contributed by atoms with E-state index in [1.807, 2.05) is 40.4 Å². The predicted molar refractivity (Wildman–Crippen MR) is 95.2 cm³/mol. The van der Waals surface area contributed by atoms with E-state index in [4.69, 9.17) is 0 Å². The number of aromatic nitrogens is 3. The van der Waals surface area contributed by atoms with E-state index in [-0.39, 0.29) is 11.9 Å². The molecule has 0 unspecified atom stereocenters. The molecule has 2 aromatic heterocycles. The van der Waals surface area contributed by atoms with E-state index in [9.17, 15) is 4.79 Å². The third-order valence-corrected chi connectivity index (χ3v) is 5.22. The SMILES string of the molecule is O=C(Cn1cnc2ccccc21)NC1CCN(c2nccs2)CC1. The number of amides is 1. The van der Waals surface area contributed by atoms with Crippen molar-refractivity contribution in [2.45, 2.75) is 25.4 Å². The van der Waals surface area contributed by atoms with Crippen LogP contribution in [0.5, 0.6) is 0 Å². The Morgan fingerprint density at radius 1 is 1.25 bits per heavy atom. The van der Waals surface area contributed by atoms with Gasteiger partial charge in [-0.2, -0.15) is 0 Å². The van der Waals surface area contributed by atoms with Gasteiger partial charge in [-0.05, 0) is 25.0 Å². The first kappa shape index (κ1) is 15.1. The fraction of sp³-hybridized carbons (Fsp3) is 0.353. The number of imidazole rings is 1. The zero-order chi connectivity index (χ0) is 16.4. The number of nitrogens with zero attached hydrogens (tertiary/aromatic N) is 4. The molecule has 0 spiro atoms. The second-order valence-corrected chi connectivity index (χ2v) is 6.88. The summed E-state index contributed by atoms with van der Waals surface area (Å²) in [4.78, 5) is 23.3. The normalized spacial score (nSPS) is 15.8. The first-order valence-corrected chi connectivity index (χ1v) is 9.01. The summed E-state index contributed by atoms with van der Waals surface area (Å²) < 4.78 is 1.90. The molecule has 4 rings (SSSR count). The molecule has 1 aliphatic rings. The number of para-hydroxylation sites is 2. The van der Waals surface area contributed by atoms with Crippen LogP contribution in [0.2, 0.25) is 0 Å². The fourth-order valence-corrected chi connectivity index (χ4v) is 3.85. The van der Waals surface area contributed by atoms with Gasteiger partial charge in [0.15, 0.2) is 5.13 Å². The number of piperidine rings is 1. The van der Waals surface area contributed by atoms with Crippen molar-refractivity contribution < 1.29 is 4.79 Å². The molecule has 1 aromatic carbocycles. The molecular formula is C17H19N5OS. The van der Waals surface area contributed by atoms with Crippen LogP contribution < -0.4 is 10.2 Å². The molecule has 124 valence electrons. The van der Waals surface area contributed by atoms with Gasteiger partial charge in [0.25, 0.3) is 0 Å². The van der Waals surface area contributed by atoms with Gasteiger partial charge >= 0.3 is 0 Å². The van der Waals surface area contributed by atoms with E-state index >= 15 is 0 Å². The van der Waals surface area contributed by atoms with Crippen molar-refractivity contribution in [2.24, 2.45) is 0 Å².